The van der Waals surface area contributed by atoms with Gasteiger partial charge >= 0.3 is 0 Å². The van der Waals surface area contributed by atoms with Crippen molar-refractivity contribution in [2.45, 2.75) is 38.6 Å². The SMILES string of the molecule is CC(N)CC(=O)NCCC(=O)N1CCCC1. The van der Waals surface area contributed by atoms with Crippen LogP contribution in [0.2, 0.25) is 0 Å². The molecule has 1 saturated heterocycles. The van der Waals surface area contributed by atoms with Crippen LogP contribution >= 0.6 is 0 Å². The Morgan fingerprint density at radius 1 is 1.38 bits per heavy atom. The van der Waals surface area contributed by atoms with Crippen molar-refractivity contribution in [3.05, 3.63) is 0 Å². The molecule has 0 aliphatic carbocycles. The molecule has 0 aromatic carbocycles. The van der Waals surface area contributed by atoms with Gasteiger partial charge in [0.25, 0.3) is 0 Å². The van der Waals surface area contributed by atoms with Crippen molar-refractivity contribution in [2.75, 3.05) is 19.6 Å². The Labute approximate surface area is 96.4 Å². The topological polar surface area (TPSA) is 75.4 Å². The Morgan fingerprint density at radius 3 is 2.56 bits per heavy atom. The molecule has 0 spiro atoms. The molecule has 3 N–H and O–H groups in total. The molecule has 5 nitrogen and oxygen atoms in total. The smallest absolute Gasteiger partial charge is 0.224 e. The summed E-state index contributed by atoms with van der Waals surface area (Å²) >= 11 is 0. The predicted octanol–water partition coefficient (Wildman–Crippen LogP) is -0.148. The van der Waals surface area contributed by atoms with E-state index in [1.54, 1.807) is 6.92 Å². The maximum atomic E-state index is 11.6. The minimum Gasteiger partial charge on any atom is -0.356 e. The fraction of sp³-hybridized carbons (Fsp3) is 0.818. The quantitative estimate of drug-likeness (QED) is 0.686. The molecule has 1 unspecified atom stereocenters. The third-order valence-corrected chi connectivity index (χ3v) is 2.63. The lowest BCUT2D eigenvalue weighted by atomic mass is 10.2. The number of nitrogens with zero attached hydrogens (tertiary/aromatic N) is 1. The average Bonchev–Trinajstić information content (AvgIpc) is 2.68. The summed E-state index contributed by atoms with van der Waals surface area (Å²) in [5.41, 5.74) is 5.49. The van der Waals surface area contributed by atoms with Crippen LogP contribution in [0.15, 0.2) is 0 Å². The number of hydrogen-bond donors (Lipinski definition) is 2. The lowest BCUT2D eigenvalue weighted by Gasteiger charge is -2.15. The first-order valence-corrected chi connectivity index (χ1v) is 5.89. The molecule has 0 aromatic heterocycles. The molecular formula is C11H21N3O2. The largest absolute Gasteiger partial charge is 0.356 e. The predicted molar refractivity (Wildman–Crippen MR) is 61.7 cm³/mol. The van der Waals surface area contributed by atoms with E-state index >= 15 is 0 Å². The van der Waals surface area contributed by atoms with E-state index in [4.69, 9.17) is 5.73 Å². The highest BCUT2D eigenvalue weighted by Crippen LogP contribution is 2.08. The molecule has 0 saturated carbocycles. The highest BCUT2D eigenvalue weighted by molar-refractivity contribution is 5.79. The van der Waals surface area contributed by atoms with E-state index in [0.717, 1.165) is 25.9 Å². The Balaban J connectivity index is 2.10. The van der Waals surface area contributed by atoms with Crippen LogP contribution in [0, 0.1) is 0 Å². The summed E-state index contributed by atoms with van der Waals surface area (Å²) in [6.07, 6.45) is 2.91. The molecule has 2 amide bonds. The van der Waals surface area contributed by atoms with Crippen molar-refractivity contribution in [3.63, 3.8) is 0 Å². The molecule has 0 bridgehead atoms. The summed E-state index contributed by atoms with van der Waals surface area (Å²) in [7, 11) is 0. The molecular weight excluding hydrogens is 206 g/mol. The Hall–Kier alpha value is -1.10. The second-order valence-electron chi connectivity index (χ2n) is 4.37. The van der Waals surface area contributed by atoms with E-state index in [2.05, 4.69) is 5.32 Å². The average molecular weight is 227 g/mol. The Morgan fingerprint density at radius 2 is 2.00 bits per heavy atom. The number of amides is 2. The first-order chi connectivity index (χ1) is 7.59. The lowest BCUT2D eigenvalue weighted by molar-refractivity contribution is -0.130. The maximum Gasteiger partial charge on any atom is 0.224 e. The number of hydrogen-bond acceptors (Lipinski definition) is 3. The van der Waals surface area contributed by atoms with Gasteiger partial charge in [0.15, 0.2) is 0 Å². The summed E-state index contributed by atoms with van der Waals surface area (Å²) in [6, 6.07) is -0.130. The normalized spacial score (nSPS) is 17.2. The molecule has 1 atom stereocenters. The van der Waals surface area contributed by atoms with E-state index in [9.17, 15) is 9.59 Å². The third kappa shape index (κ3) is 4.61. The molecule has 1 heterocycles. The minimum atomic E-state index is -0.130. The van der Waals surface area contributed by atoms with Crippen LogP contribution < -0.4 is 11.1 Å². The number of nitrogens with two attached hydrogens (primary N) is 1. The van der Waals surface area contributed by atoms with Gasteiger partial charge in [-0.05, 0) is 19.8 Å². The third-order valence-electron chi connectivity index (χ3n) is 2.63. The lowest BCUT2D eigenvalue weighted by Crippen LogP contribution is -2.34. The molecule has 0 aromatic rings. The van der Waals surface area contributed by atoms with E-state index in [1.165, 1.54) is 0 Å². The van der Waals surface area contributed by atoms with Crippen molar-refractivity contribution < 1.29 is 9.59 Å². The van der Waals surface area contributed by atoms with E-state index in [1.807, 2.05) is 4.90 Å². The van der Waals surface area contributed by atoms with Gasteiger partial charge in [-0.3, -0.25) is 9.59 Å². The van der Waals surface area contributed by atoms with Crippen molar-refractivity contribution in [3.8, 4) is 0 Å². The number of nitrogens with one attached hydrogen (secondary N) is 1. The molecule has 1 aliphatic rings. The summed E-state index contributed by atoms with van der Waals surface area (Å²) in [5.74, 6) is 0.0582. The second-order valence-corrected chi connectivity index (χ2v) is 4.37. The molecule has 5 heteroatoms. The van der Waals surface area contributed by atoms with Crippen molar-refractivity contribution >= 4 is 11.8 Å². The fourth-order valence-corrected chi connectivity index (χ4v) is 1.80. The van der Waals surface area contributed by atoms with Gasteiger partial charge in [-0.15, -0.1) is 0 Å². The van der Waals surface area contributed by atoms with Gasteiger partial charge < -0.3 is 16.0 Å². The van der Waals surface area contributed by atoms with Gasteiger partial charge in [0.1, 0.15) is 0 Å². The van der Waals surface area contributed by atoms with Gasteiger partial charge in [-0.2, -0.15) is 0 Å². The number of rotatable bonds is 5. The van der Waals surface area contributed by atoms with E-state index in [-0.39, 0.29) is 17.9 Å². The van der Waals surface area contributed by atoms with Crippen LogP contribution in [-0.2, 0) is 9.59 Å². The zero-order valence-electron chi connectivity index (χ0n) is 9.87. The van der Waals surface area contributed by atoms with E-state index in [0.29, 0.717) is 19.4 Å². The first-order valence-electron chi connectivity index (χ1n) is 5.89. The maximum absolute atomic E-state index is 11.6. The molecule has 1 aliphatic heterocycles. The molecule has 1 rings (SSSR count). The van der Waals surface area contributed by atoms with Gasteiger partial charge in [-0.1, -0.05) is 0 Å². The highest BCUT2D eigenvalue weighted by atomic mass is 16.2. The van der Waals surface area contributed by atoms with E-state index < -0.39 is 0 Å². The molecule has 92 valence electrons. The Kier molecular flexibility index (Phi) is 5.25. The van der Waals surface area contributed by atoms with Crippen LogP contribution in [-0.4, -0.2) is 42.4 Å². The Bertz CT molecular complexity index is 248. The van der Waals surface area contributed by atoms with Crippen molar-refractivity contribution in [2.24, 2.45) is 5.73 Å². The van der Waals surface area contributed by atoms with Crippen molar-refractivity contribution in [1.29, 1.82) is 0 Å². The van der Waals surface area contributed by atoms with Gasteiger partial charge in [0.2, 0.25) is 11.8 Å². The second kappa shape index (κ2) is 6.48. The fourth-order valence-electron chi connectivity index (χ4n) is 1.80. The zero-order valence-corrected chi connectivity index (χ0v) is 9.87. The monoisotopic (exact) mass is 227 g/mol. The van der Waals surface area contributed by atoms with Crippen LogP contribution in [0.5, 0.6) is 0 Å². The number of carbonyl (C=O) groups is 2. The minimum absolute atomic E-state index is 0.0794. The number of carbonyl (C=O) groups excluding carboxylic acids is 2. The standard InChI is InChI=1S/C11H21N3O2/c1-9(12)8-10(15)13-5-4-11(16)14-6-2-3-7-14/h9H,2-8,12H2,1H3,(H,13,15). The number of likely N-dealkylation sites (tertiary alicyclic amines) is 1. The molecule has 1 fully saturated rings. The summed E-state index contributed by atoms with van der Waals surface area (Å²) in [6.45, 7) is 3.94. The zero-order chi connectivity index (χ0) is 12.0. The van der Waals surface area contributed by atoms with Crippen LogP contribution in [0.25, 0.3) is 0 Å². The molecule has 0 radical (unpaired) electrons. The highest BCUT2D eigenvalue weighted by Gasteiger charge is 2.17. The summed E-state index contributed by atoms with van der Waals surface area (Å²) < 4.78 is 0. The van der Waals surface area contributed by atoms with Gasteiger partial charge in [0.05, 0.1) is 0 Å². The first kappa shape index (κ1) is 13.0. The van der Waals surface area contributed by atoms with Crippen LogP contribution in [0.4, 0.5) is 0 Å². The van der Waals surface area contributed by atoms with Gasteiger partial charge in [-0.25, -0.2) is 0 Å². The summed E-state index contributed by atoms with van der Waals surface area (Å²) in [4.78, 5) is 24.7. The van der Waals surface area contributed by atoms with Crippen molar-refractivity contribution in [1.82, 2.24) is 10.2 Å². The molecule has 16 heavy (non-hydrogen) atoms. The van der Waals surface area contributed by atoms with Crippen LogP contribution in [0.1, 0.15) is 32.6 Å². The van der Waals surface area contributed by atoms with Gasteiger partial charge in [0, 0.05) is 38.5 Å². The van der Waals surface area contributed by atoms with Crippen LogP contribution in [0.3, 0.4) is 0 Å². The summed E-state index contributed by atoms with van der Waals surface area (Å²) in [5, 5.41) is 2.70.